The van der Waals surface area contributed by atoms with Crippen LogP contribution in [0.3, 0.4) is 0 Å². The van der Waals surface area contributed by atoms with E-state index in [1.165, 1.54) is 11.3 Å². The van der Waals surface area contributed by atoms with Gasteiger partial charge in [-0.3, -0.25) is 0 Å². The number of aliphatic hydroxyl groups excluding tert-OH is 1. The van der Waals surface area contributed by atoms with Crippen molar-refractivity contribution in [1.82, 2.24) is 4.98 Å². The fraction of sp³-hybridized carbons (Fsp3) is 0.625. The molecule has 0 fully saturated rings. The third kappa shape index (κ3) is 2.87. The number of hydrogen-bond acceptors (Lipinski definition) is 4. The van der Waals surface area contributed by atoms with Crippen LogP contribution in [0, 0.1) is 8.80 Å². The lowest BCUT2D eigenvalue weighted by molar-refractivity contribution is 0.110. The van der Waals surface area contributed by atoms with Crippen LogP contribution in [0.1, 0.15) is 24.5 Å². The number of thiazole rings is 1. The molecule has 2 unspecified atom stereocenters. The van der Waals surface area contributed by atoms with E-state index in [0.717, 1.165) is 14.3 Å². The number of halogens is 1. The van der Waals surface area contributed by atoms with Crippen molar-refractivity contribution in [3.05, 3.63) is 14.1 Å². The molecule has 3 N–H and O–H groups in total. The van der Waals surface area contributed by atoms with Gasteiger partial charge in [-0.2, -0.15) is 0 Å². The Labute approximate surface area is 95.5 Å². The smallest absolute Gasteiger partial charge is 0.123 e. The topological polar surface area (TPSA) is 59.1 Å². The summed E-state index contributed by atoms with van der Waals surface area (Å²) in [5.74, 6) is 0.127. The third-order valence-corrected chi connectivity index (χ3v) is 3.82. The molecule has 1 aromatic rings. The fourth-order valence-electron chi connectivity index (χ4n) is 1.12. The van der Waals surface area contributed by atoms with Crippen LogP contribution in [0.4, 0.5) is 0 Å². The van der Waals surface area contributed by atoms with Gasteiger partial charge in [0.25, 0.3) is 0 Å². The second kappa shape index (κ2) is 5.23. The van der Waals surface area contributed by atoms with Gasteiger partial charge in [-0.25, -0.2) is 4.98 Å². The maximum absolute atomic E-state index is 9.86. The quantitative estimate of drug-likeness (QED) is 0.833. The second-order valence-electron chi connectivity index (χ2n) is 2.85. The van der Waals surface area contributed by atoms with Crippen LogP contribution in [0.5, 0.6) is 0 Å². The van der Waals surface area contributed by atoms with Gasteiger partial charge in [0.2, 0.25) is 0 Å². The summed E-state index contributed by atoms with van der Waals surface area (Å²) in [5, 5.41) is 10.6. The summed E-state index contributed by atoms with van der Waals surface area (Å²) in [6.45, 7) is 2.53. The Balaban J connectivity index is 2.71. The molecule has 0 bridgehead atoms. The Kier molecular flexibility index (Phi) is 4.57. The molecule has 0 radical (unpaired) electrons. The molecule has 1 rings (SSSR count). The van der Waals surface area contributed by atoms with Crippen molar-refractivity contribution in [3.8, 4) is 0 Å². The normalized spacial score (nSPS) is 15.7. The van der Waals surface area contributed by atoms with Crippen LogP contribution in [0.2, 0.25) is 0 Å². The van der Waals surface area contributed by atoms with Gasteiger partial charge in [0.15, 0.2) is 0 Å². The number of rotatable bonds is 4. The standard InChI is InChI=1S/C8H13IN2OS/c1-2-5(3-10)7(12)8-11-4-6(9)13-8/h4-5,7,12H,2-3,10H2,1H3. The minimum Gasteiger partial charge on any atom is -0.386 e. The summed E-state index contributed by atoms with van der Waals surface area (Å²) in [4.78, 5) is 4.14. The summed E-state index contributed by atoms with van der Waals surface area (Å²) in [7, 11) is 0. The minimum atomic E-state index is -0.497. The first-order valence-electron chi connectivity index (χ1n) is 4.18. The van der Waals surface area contributed by atoms with Crippen LogP contribution < -0.4 is 5.73 Å². The molecule has 0 aromatic carbocycles. The average Bonchev–Trinajstić information content (AvgIpc) is 2.54. The molecule has 0 saturated heterocycles. The minimum absolute atomic E-state index is 0.127. The SMILES string of the molecule is CCC(CN)C(O)c1ncc(I)s1. The molecule has 3 nitrogen and oxygen atoms in total. The maximum Gasteiger partial charge on any atom is 0.123 e. The average molecular weight is 312 g/mol. The molecular formula is C8H13IN2OS. The first-order valence-corrected chi connectivity index (χ1v) is 6.08. The zero-order chi connectivity index (χ0) is 9.84. The Morgan fingerprint density at radius 3 is 2.85 bits per heavy atom. The second-order valence-corrected chi connectivity index (χ2v) is 5.81. The number of nitrogens with two attached hydrogens (primary N) is 1. The molecule has 5 heteroatoms. The molecule has 0 aliphatic carbocycles. The Morgan fingerprint density at radius 2 is 2.46 bits per heavy atom. The highest BCUT2D eigenvalue weighted by Gasteiger charge is 2.20. The van der Waals surface area contributed by atoms with Crippen molar-refractivity contribution in [2.45, 2.75) is 19.4 Å². The predicted octanol–water partition coefficient (Wildman–Crippen LogP) is 1.77. The molecule has 2 atom stereocenters. The fourth-order valence-corrected chi connectivity index (χ4v) is 2.66. The van der Waals surface area contributed by atoms with Crippen molar-refractivity contribution in [2.75, 3.05) is 6.54 Å². The van der Waals surface area contributed by atoms with Gasteiger partial charge in [0.05, 0.1) is 9.08 Å². The molecule has 13 heavy (non-hydrogen) atoms. The van der Waals surface area contributed by atoms with Crippen LogP contribution in [0.25, 0.3) is 0 Å². The first kappa shape index (κ1) is 11.4. The van der Waals surface area contributed by atoms with Gasteiger partial charge in [-0.15, -0.1) is 11.3 Å². The molecule has 0 amide bonds. The van der Waals surface area contributed by atoms with Gasteiger partial charge in [0.1, 0.15) is 11.1 Å². The summed E-state index contributed by atoms with van der Waals surface area (Å²) in [6.07, 6.45) is 2.16. The zero-order valence-corrected chi connectivity index (χ0v) is 10.4. The Morgan fingerprint density at radius 1 is 1.77 bits per heavy atom. The van der Waals surface area contributed by atoms with E-state index in [1.54, 1.807) is 6.20 Å². The molecule has 0 saturated carbocycles. The Hall–Kier alpha value is 0.280. The van der Waals surface area contributed by atoms with Crippen molar-refractivity contribution >= 4 is 33.9 Å². The van der Waals surface area contributed by atoms with E-state index in [2.05, 4.69) is 27.6 Å². The number of aliphatic hydroxyl groups is 1. The highest BCUT2D eigenvalue weighted by molar-refractivity contribution is 14.1. The van der Waals surface area contributed by atoms with E-state index < -0.39 is 6.10 Å². The van der Waals surface area contributed by atoms with Crippen molar-refractivity contribution in [3.63, 3.8) is 0 Å². The van der Waals surface area contributed by atoms with Crippen LogP contribution in [-0.4, -0.2) is 16.6 Å². The van der Waals surface area contributed by atoms with E-state index in [0.29, 0.717) is 6.54 Å². The van der Waals surface area contributed by atoms with Gasteiger partial charge >= 0.3 is 0 Å². The lowest BCUT2D eigenvalue weighted by Crippen LogP contribution is -2.21. The van der Waals surface area contributed by atoms with Crippen molar-refractivity contribution < 1.29 is 5.11 Å². The molecule has 74 valence electrons. The highest BCUT2D eigenvalue weighted by atomic mass is 127. The highest BCUT2D eigenvalue weighted by Crippen LogP contribution is 2.27. The van der Waals surface area contributed by atoms with Crippen molar-refractivity contribution in [1.29, 1.82) is 0 Å². The lowest BCUT2D eigenvalue weighted by atomic mass is 10.0. The summed E-state index contributed by atoms with van der Waals surface area (Å²) >= 11 is 3.72. The van der Waals surface area contributed by atoms with E-state index in [1.807, 2.05) is 6.92 Å². The van der Waals surface area contributed by atoms with Gasteiger partial charge in [-0.1, -0.05) is 6.92 Å². The summed E-state index contributed by atoms with van der Waals surface area (Å²) < 4.78 is 1.10. The number of aromatic nitrogens is 1. The van der Waals surface area contributed by atoms with Crippen molar-refractivity contribution in [2.24, 2.45) is 11.7 Å². The lowest BCUT2D eigenvalue weighted by Gasteiger charge is -2.17. The molecular weight excluding hydrogens is 299 g/mol. The number of nitrogens with zero attached hydrogens (tertiary/aromatic N) is 1. The predicted molar refractivity (Wildman–Crippen MR) is 62.6 cm³/mol. The molecule has 0 aliphatic heterocycles. The summed E-state index contributed by atoms with van der Waals surface area (Å²) in [6, 6.07) is 0. The Bertz CT molecular complexity index is 262. The van der Waals surface area contributed by atoms with Gasteiger partial charge < -0.3 is 10.8 Å². The van der Waals surface area contributed by atoms with Crippen LogP contribution in [0.15, 0.2) is 6.20 Å². The molecule has 1 aromatic heterocycles. The van der Waals surface area contributed by atoms with E-state index in [9.17, 15) is 5.11 Å². The molecule has 0 spiro atoms. The molecule has 0 aliphatic rings. The van der Waals surface area contributed by atoms with E-state index in [-0.39, 0.29) is 5.92 Å². The van der Waals surface area contributed by atoms with Gasteiger partial charge in [-0.05, 0) is 35.6 Å². The maximum atomic E-state index is 9.86. The first-order chi connectivity index (χ1) is 6.19. The van der Waals surface area contributed by atoms with Crippen LogP contribution in [-0.2, 0) is 0 Å². The monoisotopic (exact) mass is 312 g/mol. The van der Waals surface area contributed by atoms with Crippen LogP contribution >= 0.6 is 33.9 Å². The summed E-state index contributed by atoms with van der Waals surface area (Å²) in [5.41, 5.74) is 5.54. The largest absolute Gasteiger partial charge is 0.386 e. The van der Waals surface area contributed by atoms with E-state index >= 15 is 0 Å². The third-order valence-electron chi connectivity index (χ3n) is 2.02. The number of hydrogen-bond donors (Lipinski definition) is 2. The van der Waals surface area contributed by atoms with Gasteiger partial charge in [0, 0.05) is 5.92 Å². The van der Waals surface area contributed by atoms with E-state index in [4.69, 9.17) is 5.73 Å². The zero-order valence-electron chi connectivity index (χ0n) is 7.40. The molecule has 1 heterocycles.